The third-order valence-corrected chi connectivity index (χ3v) is 5.91. The first kappa shape index (κ1) is 17.4. The SMILES string of the molecule is CC(O)(CCCC(F)(F)F)C1CCOC2(CCSCC2)C1. The zero-order valence-corrected chi connectivity index (χ0v) is 13.4. The molecule has 0 radical (unpaired) electrons. The third-order valence-electron chi connectivity index (χ3n) is 4.92. The first-order valence-corrected chi connectivity index (χ1v) is 8.89. The van der Waals surface area contributed by atoms with E-state index in [1.807, 2.05) is 11.8 Å². The predicted molar refractivity (Wildman–Crippen MR) is 78.5 cm³/mol. The van der Waals surface area contributed by atoms with Crippen molar-refractivity contribution >= 4 is 11.8 Å². The van der Waals surface area contributed by atoms with Crippen molar-refractivity contribution in [3.8, 4) is 0 Å². The Bertz CT molecular complexity index is 333. The lowest BCUT2D eigenvalue weighted by atomic mass is 9.73. The minimum atomic E-state index is -4.13. The molecule has 0 aromatic heterocycles. The zero-order valence-electron chi connectivity index (χ0n) is 12.5. The number of aliphatic hydroxyl groups is 1. The van der Waals surface area contributed by atoms with Crippen LogP contribution in [0.25, 0.3) is 0 Å². The summed E-state index contributed by atoms with van der Waals surface area (Å²) in [5.41, 5.74) is -1.16. The average Bonchev–Trinajstić information content (AvgIpc) is 2.38. The van der Waals surface area contributed by atoms with Crippen LogP contribution in [0.5, 0.6) is 0 Å². The van der Waals surface area contributed by atoms with Gasteiger partial charge in [0, 0.05) is 13.0 Å². The fourth-order valence-electron chi connectivity index (χ4n) is 3.50. The molecule has 2 fully saturated rings. The summed E-state index contributed by atoms with van der Waals surface area (Å²) in [5, 5.41) is 10.6. The molecule has 0 aliphatic carbocycles. The molecule has 0 amide bonds. The highest BCUT2D eigenvalue weighted by Crippen LogP contribution is 2.44. The number of hydrogen-bond acceptors (Lipinski definition) is 3. The van der Waals surface area contributed by atoms with Crippen molar-refractivity contribution in [3.05, 3.63) is 0 Å². The molecule has 2 aliphatic rings. The number of alkyl halides is 3. The van der Waals surface area contributed by atoms with Crippen LogP contribution in [0.4, 0.5) is 13.2 Å². The van der Waals surface area contributed by atoms with Crippen LogP contribution < -0.4 is 0 Å². The molecule has 1 spiro atoms. The molecular weight excluding hydrogens is 301 g/mol. The topological polar surface area (TPSA) is 29.5 Å². The lowest BCUT2D eigenvalue weighted by Gasteiger charge is -2.47. The van der Waals surface area contributed by atoms with Gasteiger partial charge in [0.2, 0.25) is 0 Å². The number of halogens is 3. The van der Waals surface area contributed by atoms with Crippen LogP contribution in [0.3, 0.4) is 0 Å². The fraction of sp³-hybridized carbons (Fsp3) is 1.00. The van der Waals surface area contributed by atoms with E-state index in [1.54, 1.807) is 6.92 Å². The van der Waals surface area contributed by atoms with Gasteiger partial charge in [0.05, 0.1) is 11.2 Å². The van der Waals surface area contributed by atoms with Crippen LogP contribution in [0.2, 0.25) is 0 Å². The molecule has 124 valence electrons. The van der Waals surface area contributed by atoms with E-state index in [0.717, 1.165) is 37.2 Å². The van der Waals surface area contributed by atoms with E-state index in [1.165, 1.54) is 0 Å². The Hall–Kier alpha value is 0.0600. The molecule has 2 aliphatic heterocycles. The van der Waals surface area contributed by atoms with E-state index < -0.39 is 18.2 Å². The monoisotopic (exact) mass is 326 g/mol. The largest absolute Gasteiger partial charge is 0.390 e. The minimum absolute atomic E-state index is 0.00326. The average molecular weight is 326 g/mol. The molecule has 0 saturated carbocycles. The van der Waals surface area contributed by atoms with Gasteiger partial charge < -0.3 is 9.84 Å². The molecule has 2 saturated heterocycles. The van der Waals surface area contributed by atoms with Crippen LogP contribution in [-0.2, 0) is 4.74 Å². The van der Waals surface area contributed by atoms with Crippen molar-refractivity contribution in [2.24, 2.45) is 5.92 Å². The lowest BCUT2D eigenvalue weighted by Crippen LogP contribution is -2.49. The molecule has 2 nitrogen and oxygen atoms in total. The second-order valence-electron chi connectivity index (χ2n) is 6.66. The van der Waals surface area contributed by atoms with Crippen molar-refractivity contribution in [2.45, 2.75) is 69.2 Å². The molecule has 1 N–H and O–H groups in total. The van der Waals surface area contributed by atoms with Gasteiger partial charge in [0.15, 0.2) is 0 Å². The number of hydrogen-bond donors (Lipinski definition) is 1. The molecule has 6 heteroatoms. The Labute approximate surface area is 128 Å². The summed E-state index contributed by atoms with van der Waals surface area (Å²) in [6, 6.07) is 0. The molecule has 2 unspecified atom stereocenters. The Morgan fingerprint density at radius 2 is 1.90 bits per heavy atom. The van der Waals surface area contributed by atoms with Gasteiger partial charge >= 0.3 is 6.18 Å². The van der Waals surface area contributed by atoms with Crippen molar-refractivity contribution in [1.82, 2.24) is 0 Å². The van der Waals surface area contributed by atoms with Gasteiger partial charge in [-0.2, -0.15) is 24.9 Å². The fourth-order valence-corrected chi connectivity index (χ4v) is 4.74. The predicted octanol–water partition coefficient (Wildman–Crippen LogP) is 4.16. The Kier molecular flexibility index (Phi) is 5.53. The highest BCUT2D eigenvalue weighted by Gasteiger charge is 2.44. The van der Waals surface area contributed by atoms with Gasteiger partial charge in [0.25, 0.3) is 0 Å². The summed E-state index contributed by atoms with van der Waals surface area (Å²) in [4.78, 5) is 0. The first-order chi connectivity index (χ1) is 9.73. The Balaban J connectivity index is 1.89. The molecule has 2 rings (SSSR count). The maximum Gasteiger partial charge on any atom is 0.389 e. The second-order valence-corrected chi connectivity index (χ2v) is 7.88. The van der Waals surface area contributed by atoms with E-state index in [0.29, 0.717) is 6.61 Å². The highest BCUT2D eigenvalue weighted by atomic mass is 32.2. The normalized spacial score (nSPS) is 29.3. The van der Waals surface area contributed by atoms with E-state index in [4.69, 9.17) is 4.74 Å². The van der Waals surface area contributed by atoms with Crippen LogP contribution in [-0.4, -0.2) is 40.6 Å². The molecular formula is C15H25F3O2S. The molecule has 21 heavy (non-hydrogen) atoms. The van der Waals surface area contributed by atoms with Gasteiger partial charge in [-0.05, 0) is 62.9 Å². The van der Waals surface area contributed by atoms with E-state index in [9.17, 15) is 18.3 Å². The van der Waals surface area contributed by atoms with E-state index >= 15 is 0 Å². The Morgan fingerprint density at radius 3 is 2.52 bits per heavy atom. The van der Waals surface area contributed by atoms with Gasteiger partial charge in [-0.15, -0.1) is 0 Å². The van der Waals surface area contributed by atoms with Crippen LogP contribution in [0.1, 0.15) is 51.9 Å². The molecule has 2 atom stereocenters. The van der Waals surface area contributed by atoms with Gasteiger partial charge in [-0.25, -0.2) is 0 Å². The summed E-state index contributed by atoms with van der Waals surface area (Å²) in [7, 11) is 0. The summed E-state index contributed by atoms with van der Waals surface area (Å²) >= 11 is 1.92. The van der Waals surface area contributed by atoms with Gasteiger partial charge in [0.1, 0.15) is 0 Å². The van der Waals surface area contributed by atoms with Gasteiger partial charge in [-0.1, -0.05) is 0 Å². The van der Waals surface area contributed by atoms with Crippen molar-refractivity contribution < 1.29 is 23.0 Å². The van der Waals surface area contributed by atoms with Crippen molar-refractivity contribution in [3.63, 3.8) is 0 Å². The summed E-state index contributed by atoms with van der Waals surface area (Å²) in [6.45, 7) is 2.31. The smallest absolute Gasteiger partial charge is 0.389 e. The lowest BCUT2D eigenvalue weighted by molar-refractivity contribution is -0.153. The van der Waals surface area contributed by atoms with Crippen LogP contribution in [0, 0.1) is 5.92 Å². The second kappa shape index (κ2) is 6.67. The number of thioether (sulfide) groups is 1. The Morgan fingerprint density at radius 1 is 1.24 bits per heavy atom. The summed E-state index contributed by atoms with van der Waals surface area (Å²) < 4.78 is 42.8. The highest BCUT2D eigenvalue weighted by molar-refractivity contribution is 7.99. The van der Waals surface area contributed by atoms with E-state index in [2.05, 4.69) is 0 Å². The summed E-state index contributed by atoms with van der Waals surface area (Å²) in [6.07, 6.45) is -1.22. The number of ether oxygens (including phenoxy) is 1. The molecule has 0 aromatic rings. The molecule has 2 heterocycles. The first-order valence-electron chi connectivity index (χ1n) is 7.73. The number of rotatable bonds is 4. The van der Waals surface area contributed by atoms with E-state index in [-0.39, 0.29) is 24.4 Å². The molecule has 0 aromatic carbocycles. The molecule has 0 bridgehead atoms. The minimum Gasteiger partial charge on any atom is -0.390 e. The third kappa shape index (κ3) is 5.03. The van der Waals surface area contributed by atoms with Gasteiger partial charge in [-0.3, -0.25) is 0 Å². The maximum absolute atomic E-state index is 12.3. The zero-order chi connectivity index (χ0) is 15.6. The van der Waals surface area contributed by atoms with Crippen LogP contribution in [0.15, 0.2) is 0 Å². The maximum atomic E-state index is 12.3. The quantitative estimate of drug-likeness (QED) is 0.841. The van der Waals surface area contributed by atoms with Crippen molar-refractivity contribution in [2.75, 3.05) is 18.1 Å². The standard InChI is InChI=1S/C15H25F3O2S/c1-13(19,4-2-5-15(16,17)18)12-3-8-20-14(11-12)6-9-21-10-7-14/h12,19H,2-11H2,1H3. The summed E-state index contributed by atoms with van der Waals surface area (Å²) in [5.74, 6) is 2.19. The van der Waals surface area contributed by atoms with Crippen LogP contribution >= 0.6 is 11.8 Å². The van der Waals surface area contributed by atoms with Crippen molar-refractivity contribution in [1.29, 1.82) is 0 Å².